The number of rotatable bonds is 8. The lowest BCUT2D eigenvalue weighted by molar-refractivity contribution is 0.0427. The second-order valence-electron chi connectivity index (χ2n) is 5.72. The van der Waals surface area contributed by atoms with Crippen LogP contribution in [0, 0.1) is 0 Å². The first-order chi connectivity index (χ1) is 14.5. The fraction of sp³-hybridized carbons (Fsp3) is 0.200. The first kappa shape index (κ1) is 21.2. The maximum atomic E-state index is 12.6. The molecule has 0 unspecified atom stereocenters. The van der Waals surface area contributed by atoms with Crippen molar-refractivity contribution >= 4 is 29.7 Å². The second kappa shape index (κ2) is 9.79. The number of aromatic nitrogens is 1. The summed E-state index contributed by atoms with van der Waals surface area (Å²) in [4.78, 5) is 40.2. The average Bonchev–Trinajstić information content (AvgIpc) is 3.44. The van der Waals surface area contributed by atoms with E-state index in [1.807, 2.05) is 0 Å². The third-order valence-electron chi connectivity index (χ3n) is 3.97. The number of thioether (sulfide) groups is 1. The van der Waals surface area contributed by atoms with Gasteiger partial charge in [-0.3, -0.25) is 0 Å². The molecule has 0 N–H and O–H groups in total. The van der Waals surface area contributed by atoms with Crippen molar-refractivity contribution in [2.45, 2.75) is 17.4 Å². The molecule has 0 aliphatic rings. The van der Waals surface area contributed by atoms with Crippen LogP contribution in [-0.4, -0.2) is 37.1 Å². The van der Waals surface area contributed by atoms with Gasteiger partial charge in [0.05, 0.1) is 38.1 Å². The lowest BCUT2D eigenvalue weighted by Gasteiger charge is -2.08. The van der Waals surface area contributed by atoms with Gasteiger partial charge in [0.25, 0.3) is 0 Å². The highest BCUT2D eigenvalue weighted by molar-refractivity contribution is 7.98. The first-order valence-electron chi connectivity index (χ1n) is 8.59. The molecule has 0 aromatic carbocycles. The van der Waals surface area contributed by atoms with Crippen LogP contribution >= 0.6 is 11.8 Å². The van der Waals surface area contributed by atoms with Gasteiger partial charge < -0.3 is 23.0 Å². The maximum absolute atomic E-state index is 12.6. The minimum atomic E-state index is -0.648. The molecule has 9 nitrogen and oxygen atoms in total. The van der Waals surface area contributed by atoms with Gasteiger partial charge in [-0.25, -0.2) is 19.4 Å². The van der Waals surface area contributed by atoms with Gasteiger partial charge in [-0.15, -0.1) is 0 Å². The minimum absolute atomic E-state index is 0.173. The summed E-state index contributed by atoms with van der Waals surface area (Å²) in [5.74, 6) is -0.932. The summed E-state index contributed by atoms with van der Waals surface area (Å²) in [5.41, 5.74) is 0.706. The molecular weight excluding hydrogens is 414 g/mol. The van der Waals surface area contributed by atoms with Crippen molar-refractivity contribution in [3.8, 4) is 0 Å². The van der Waals surface area contributed by atoms with Crippen LogP contribution in [0.4, 0.5) is 0 Å². The quantitative estimate of drug-likeness (QED) is 0.298. The summed E-state index contributed by atoms with van der Waals surface area (Å²) >= 11 is 1.20. The van der Waals surface area contributed by atoms with Gasteiger partial charge in [0.2, 0.25) is 0 Å². The Bertz CT molecular complexity index is 1050. The van der Waals surface area contributed by atoms with Crippen molar-refractivity contribution in [3.63, 3.8) is 0 Å². The SMILES string of the molecule is COC(=O)c1ccoc1COC(=O)c1cccnc1SCc1occc1C(=O)OC. The third-order valence-corrected chi connectivity index (χ3v) is 4.97. The van der Waals surface area contributed by atoms with Crippen LogP contribution in [0.3, 0.4) is 0 Å². The second-order valence-corrected chi connectivity index (χ2v) is 6.68. The Balaban J connectivity index is 1.69. The number of pyridine rings is 1. The van der Waals surface area contributed by atoms with Crippen LogP contribution in [0.5, 0.6) is 0 Å². The molecule has 0 aliphatic heterocycles. The van der Waals surface area contributed by atoms with Crippen LogP contribution in [-0.2, 0) is 26.6 Å². The van der Waals surface area contributed by atoms with Crippen molar-refractivity contribution in [2.24, 2.45) is 0 Å². The Morgan fingerprint density at radius 1 is 0.900 bits per heavy atom. The van der Waals surface area contributed by atoms with Crippen LogP contribution in [0.2, 0.25) is 0 Å². The number of hydrogen-bond donors (Lipinski definition) is 0. The highest BCUT2D eigenvalue weighted by Crippen LogP contribution is 2.27. The van der Waals surface area contributed by atoms with Gasteiger partial charge in [-0.1, -0.05) is 11.8 Å². The smallest absolute Gasteiger partial charge is 0.341 e. The van der Waals surface area contributed by atoms with Gasteiger partial charge >= 0.3 is 17.9 Å². The maximum Gasteiger partial charge on any atom is 0.341 e. The molecule has 0 radical (unpaired) electrons. The molecule has 0 saturated heterocycles. The highest BCUT2D eigenvalue weighted by Gasteiger charge is 2.21. The molecular formula is C20H17NO8S. The Morgan fingerprint density at radius 3 is 2.20 bits per heavy atom. The monoisotopic (exact) mass is 431 g/mol. The number of carbonyl (C=O) groups is 3. The van der Waals surface area contributed by atoms with Crippen LogP contribution in [0.1, 0.15) is 42.6 Å². The first-order valence-corrected chi connectivity index (χ1v) is 9.58. The van der Waals surface area contributed by atoms with E-state index in [4.69, 9.17) is 18.3 Å². The summed E-state index contributed by atoms with van der Waals surface area (Å²) in [6.07, 6.45) is 4.23. The molecule has 30 heavy (non-hydrogen) atoms. The largest absolute Gasteiger partial charge is 0.468 e. The lowest BCUT2D eigenvalue weighted by atomic mass is 10.2. The zero-order valence-corrected chi connectivity index (χ0v) is 16.9. The van der Waals surface area contributed by atoms with Gasteiger partial charge in [-0.2, -0.15) is 0 Å². The topological polar surface area (TPSA) is 118 Å². The molecule has 3 rings (SSSR count). The number of furan rings is 2. The average molecular weight is 431 g/mol. The zero-order valence-electron chi connectivity index (χ0n) is 16.1. The van der Waals surface area contributed by atoms with Gasteiger partial charge in [0, 0.05) is 6.20 Å². The molecule has 3 aromatic rings. The fourth-order valence-electron chi connectivity index (χ4n) is 2.49. The van der Waals surface area contributed by atoms with Crippen LogP contribution in [0.25, 0.3) is 0 Å². The molecule has 0 aliphatic carbocycles. The summed E-state index contributed by atoms with van der Waals surface area (Å²) in [5, 5.41) is 0.391. The number of methoxy groups -OCH3 is 2. The van der Waals surface area contributed by atoms with E-state index in [0.29, 0.717) is 16.3 Å². The van der Waals surface area contributed by atoms with E-state index in [-0.39, 0.29) is 29.2 Å². The predicted molar refractivity (Wildman–Crippen MR) is 103 cm³/mol. The molecule has 0 amide bonds. The molecule has 0 atom stereocenters. The molecule has 3 heterocycles. The Morgan fingerprint density at radius 2 is 1.53 bits per heavy atom. The predicted octanol–water partition coefficient (Wildman–Crippen LogP) is 3.49. The number of nitrogens with zero attached hydrogens (tertiary/aromatic N) is 1. The molecule has 156 valence electrons. The number of ether oxygens (including phenoxy) is 3. The third kappa shape index (κ3) is 4.71. The summed E-state index contributed by atoms with van der Waals surface area (Å²) in [6, 6.07) is 6.10. The number of hydrogen-bond acceptors (Lipinski definition) is 10. The van der Waals surface area contributed by atoms with Gasteiger partial charge in [0.15, 0.2) is 12.4 Å². The molecule has 0 bridgehead atoms. The van der Waals surface area contributed by atoms with E-state index in [0.717, 1.165) is 0 Å². The Hall–Kier alpha value is -3.53. The molecule has 10 heteroatoms. The van der Waals surface area contributed by atoms with Crippen molar-refractivity contribution in [2.75, 3.05) is 14.2 Å². The minimum Gasteiger partial charge on any atom is -0.468 e. The number of carbonyl (C=O) groups excluding carboxylic acids is 3. The molecule has 0 spiro atoms. The normalized spacial score (nSPS) is 10.5. The van der Waals surface area contributed by atoms with E-state index in [9.17, 15) is 14.4 Å². The Kier molecular flexibility index (Phi) is 6.91. The molecule has 3 aromatic heterocycles. The molecule has 0 saturated carbocycles. The van der Waals surface area contributed by atoms with Crippen LogP contribution < -0.4 is 0 Å². The van der Waals surface area contributed by atoms with E-state index < -0.39 is 17.9 Å². The van der Waals surface area contributed by atoms with Crippen molar-refractivity contribution in [1.82, 2.24) is 4.98 Å². The van der Waals surface area contributed by atoms with E-state index in [2.05, 4.69) is 9.72 Å². The summed E-state index contributed by atoms with van der Waals surface area (Å²) in [7, 11) is 2.53. The number of esters is 3. The van der Waals surface area contributed by atoms with Gasteiger partial charge in [-0.05, 0) is 24.3 Å². The van der Waals surface area contributed by atoms with Crippen molar-refractivity contribution in [3.05, 3.63) is 71.2 Å². The summed E-state index contributed by atoms with van der Waals surface area (Å²) < 4.78 is 25.2. The fourth-order valence-corrected chi connectivity index (χ4v) is 3.43. The van der Waals surface area contributed by atoms with Gasteiger partial charge in [0.1, 0.15) is 21.9 Å². The van der Waals surface area contributed by atoms with Crippen molar-refractivity contribution in [1.29, 1.82) is 0 Å². The molecule has 0 fully saturated rings. The van der Waals surface area contributed by atoms with Crippen molar-refractivity contribution < 1.29 is 37.4 Å². The van der Waals surface area contributed by atoms with E-state index in [1.54, 1.807) is 12.1 Å². The standard InChI is InChI=1S/C20H17NO8S/c1-25-18(22)12-5-8-27-15(12)10-29-20(24)14-4-3-7-21-17(14)30-11-16-13(6-9-28-16)19(23)26-2/h3-9H,10-11H2,1-2H3. The van der Waals surface area contributed by atoms with E-state index >= 15 is 0 Å². The highest BCUT2D eigenvalue weighted by atomic mass is 32.2. The Labute approximate surface area is 175 Å². The lowest BCUT2D eigenvalue weighted by Crippen LogP contribution is -2.10. The van der Waals surface area contributed by atoms with E-state index in [1.165, 1.54) is 56.8 Å². The van der Waals surface area contributed by atoms with Crippen LogP contribution in [0.15, 0.2) is 56.8 Å². The summed E-state index contributed by atoms with van der Waals surface area (Å²) in [6.45, 7) is -0.250. The zero-order chi connectivity index (χ0) is 21.5.